The lowest BCUT2D eigenvalue weighted by atomic mass is 9.72. The molecule has 0 N–H and O–H groups in total. The van der Waals surface area contributed by atoms with E-state index in [0.29, 0.717) is 24.4 Å². The second-order valence-electron chi connectivity index (χ2n) is 8.20. The third-order valence-corrected chi connectivity index (χ3v) is 6.25. The molecular weight excluding hydrogens is 366 g/mol. The van der Waals surface area contributed by atoms with Crippen molar-refractivity contribution in [1.29, 1.82) is 0 Å². The molecule has 2 aromatic rings. The molecule has 2 amide bonds. The summed E-state index contributed by atoms with van der Waals surface area (Å²) in [5.41, 5.74) is 1.68. The van der Waals surface area contributed by atoms with Gasteiger partial charge in [0.1, 0.15) is 5.82 Å². The van der Waals surface area contributed by atoms with E-state index in [-0.39, 0.29) is 17.2 Å². The molecule has 2 aliphatic rings. The molecule has 2 aliphatic heterocycles. The number of rotatable bonds is 4. The van der Waals surface area contributed by atoms with Crippen LogP contribution in [0.25, 0.3) is 0 Å². The molecule has 4 rings (SSSR count). The average Bonchev–Trinajstić information content (AvgIpc) is 2.76. The maximum absolute atomic E-state index is 12.7. The van der Waals surface area contributed by atoms with Crippen LogP contribution in [0.1, 0.15) is 47.6 Å². The van der Waals surface area contributed by atoms with Crippen molar-refractivity contribution in [2.45, 2.75) is 39.0 Å². The van der Waals surface area contributed by atoms with E-state index in [2.05, 4.69) is 15.0 Å². The summed E-state index contributed by atoms with van der Waals surface area (Å²) in [6.07, 6.45) is 9.16. The van der Waals surface area contributed by atoms with Crippen LogP contribution in [0.2, 0.25) is 0 Å². The molecule has 2 saturated heterocycles. The van der Waals surface area contributed by atoms with Crippen molar-refractivity contribution in [2.24, 2.45) is 5.41 Å². The van der Waals surface area contributed by atoms with Crippen LogP contribution >= 0.6 is 0 Å². The Morgan fingerprint density at radius 3 is 2.55 bits per heavy atom. The van der Waals surface area contributed by atoms with Crippen molar-refractivity contribution in [3.63, 3.8) is 0 Å². The van der Waals surface area contributed by atoms with E-state index < -0.39 is 0 Å². The summed E-state index contributed by atoms with van der Waals surface area (Å²) in [5, 5.41) is 0. The average molecular weight is 393 g/mol. The fourth-order valence-corrected chi connectivity index (χ4v) is 4.38. The molecule has 0 bridgehead atoms. The van der Waals surface area contributed by atoms with Gasteiger partial charge in [-0.05, 0) is 43.7 Å². The molecule has 0 unspecified atom stereocenters. The molecule has 152 valence electrons. The second-order valence-corrected chi connectivity index (χ2v) is 8.20. The van der Waals surface area contributed by atoms with E-state index in [0.717, 1.165) is 51.0 Å². The SMILES string of the molecule is Cc1ncc(C(=O)N2CCC3(CCC(=O)N(CCc4ccccn4)C3)CC2)cn1. The lowest BCUT2D eigenvalue weighted by molar-refractivity contribution is -0.138. The molecular formula is C22H27N5O2. The van der Waals surface area contributed by atoms with Gasteiger partial charge in [0.25, 0.3) is 5.91 Å². The summed E-state index contributed by atoms with van der Waals surface area (Å²) in [6, 6.07) is 5.89. The highest BCUT2D eigenvalue weighted by Crippen LogP contribution is 2.40. The molecule has 0 saturated carbocycles. The minimum atomic E-state index is -0.00116. The lowest BCUT2D eigenvalue weighted by Crippen LogP contribution is -2.52. The Kier molecular flexibility index (Phi) is 5.56. The van der Waals surface area contributed by atoms with Gasteiger partial charge < -0.3 is 9.80 Å². The number of carbonyl (C=O) groups excluding carboxylic acids is 2. The predicted octanol–water partition coefficient (Wildman–Crippen LogP) is 2.27. The molecule has 0 atom stereocenters. The second kappa shape index (κ2) is 8.27. The van der Waals surface area contributed by atoms with Crippen molar-refractivity contribution in [1.82, 2.24) is 24.8 Å². The fraction of sp³-hybridized carbons (Fsp3) is 0.500. The van der Waals surface area contributed by atoms with Gasteiger partial charge in [-0.15, -0.1) is 0 Å². The molecule has 7 heteroatoms. The number of likely N-dealkylation sites (tertiary alicyclic amines) is 2. The third kappa shape index (κ3) is 4.44. The van der Waals surface area contributed by atoms with Gasteiger partial charge in [0, 0.05) is 63.3 Å². The summed E-state index contributed by atoms with van der Waals surface area (Å²) >= 11 is 0. The van der Waals surface area contributed by atoms with E-state index in [9.17, 15) is 9.59 Å². The van der Waals surface area contributed by atoms with Crippen molar-refractivity contribution in [2.75, 3.05) is 26.2 Å². The van der Waals surface area contributed by atoms with E-state index in [4.69, 9.17) is 0 Å². The Hall–Kier alpha value is -2.83. The first-order chi connectivity index (χ1) is 14.0. The molecule has 2 fully saturated rings. The van der Waals surface area contributed by atoms with Crippen LogP contribution in [-0.2, 0) is 11.2 Å². The van der Waals surface area contributed by atoms with E-state index in [1.54, 1.807) is 18.6 Å². The van der Waals surface area contributed by atoms with Gasteiger partial charge in [0.15, 0.2) is 0 Å². The number of hydrogen-bond donors (Lipinski definition) is 0. The van der Waals surface area contributed by atoms with Crippen molar-refractivity contribution < 1.29 is 9.59 Å². The van der Waals surface area contributed by atoms with Gasteiger partial charge in [-0.1, -0.05) is 6.07 Å². The number of nitrogens with zero attached hydrogens (tertiary/aromatic N) is 5. The highest BCUT2D eigenvalue weighted by atomic mass is 16.2. The maximum atomic E-state index is 12.7. The zero-order chi connectivity index (χ0) is 20.3. The number of pyridine rings is 1. The summed E-state index contributed by atoms with van der Waals surface area (Å²) in [4.78, 5) is 41.7. The van der Waals surface area contributed by atoms with Crippen LogP contribution < -0.4 is 0 Å². The summed E-state index contributed by atoms with van der Waals surface area (Å²) in [7, 11) is 0. The third-order valence-electron chi connectivity index (χ3n) is 6.25. The molecule has 1 spiro atoms. The zero-order valence-corrected chi connectivity index (χ0v) is 16.9. The van der Waals surface area contributed by atoms with Crippen LogP contribution in [0.3, 0.4) is 0 Å². The van der Waals surface area contributed by atoms with Crippen LogP contribution in [0.15, 0.2) is 36.8 Å². The van der Waals surface area contributed by atoms with Crippen LogP contribution in [-0.4, -0.2) is 62.7 Å². The maximum Gasteiger partial charge on any atom is 0.256 e. The van der Waals surface area contributed by atoms with Crippen molar-refractivity contribution >= 4 is 11.8 Å². The number of aryl methyl sites for hydroxylation is 1. The van der Waals surface area contributed by atoms with Gasteiger partial charge in [-0.2, -0.15) is 0 Å². The van der Waals surface area contributed by atoms with Crippen LogP contribution in [0.5, 0.6) is 0 Å². The molecule has 0 radical (unpaired) electrons. The number of aromatic nitrogens is 3. The molecule has 4 heterocycles. The Morgan fingerprint density at radius 2 is 1.86 bits per heavy atom. The smallest absolute Gasteiger partial charge is 0.256 e. The minimum absolute atomic E-state index is 0.00116. The Bertz CT molecular complexity index is 861. The van der Waals surface area contributed by atoms with E-state index >= 15 is 0 Å². The quantitative estimate of drug-likeness (QED) is 0.796. The van der Waals surface area contributed by atoms with Crippen molar-refractivity contribution in [3.05, 3.63) is 53.9 Å². The minimum Gasteiger partial charge on any atom is -0.342 e. The normalized spacial score (nSPS) is 18.9. The summed E-state index contributed by atoms with van der Waals surface area (Å²) < 4.78 is 0. The largest absolute Gasteiger partial charge is 0.342 e. The molecule has 7 nitrogen and oxygen atoms in total. The Labute approximate surface area is 171 Å². The first-order valence-electron chi connectivity index (χ1n) is 10.3. The first-order valence-corrected chi connectivity index (χ1v) is 10.3. The molecule has 0 aromatic carbocycles. The topological polar surface area (TPSA) is 79.3 Å². The van der Waals surface area contributed by atoms with Crippen LogP contribution in [0, 0.1) is 12.3 Å². The highest BCUT2D eigenvalue weighted by molar-refractivity contribution is 5.93. The monoisotopic (exact) mass is 393 g/mol. The zero-order valence-electron chi connectivity index (χ0n) is 16.9. The molecule has 0 aliphatic carbocycles. The predicted molar refractivity (Wildman–Crippen MR) is 108 cm³/mol. The summed E-state index contributed by atoms with van der Waals surface area (Å²) in [6.45, 7) is 4.74. The molecule has 29 heavy (non-hydrogen) atoms. The van der Waals surface area contributed by atoms with Gasteiger partial charge in [0.05, 0.1) is 5.56 Å². The lowest BCUT2D eigenvalue weighted by Gasteiger charge is -2.47. The number of piperidine rings is 2. The first kappa shape index (κ1) is 19.5. The summed E-state index contributed by atoms with van der Waals surface area (Å²) in [5.74, 6) is 0.900. The van der Waals surface area contributed by atoms with E-state index in [1.807, 2.05) is 34.9 Å². The van der Waals surface area contributed by atoms with Gasteiger partial charge >= 0.3 is 0 Å². The number of carbonyl (C=O) groups is 2. The highest BCUT2D eigenvalue weighted by Gasteiger charge is 2.41. The standard InChI is InChI=1S/C22H27N5O2/c1-17-24-14-18(15-25-17)21(29)26-12-8-22(9-13-26)7-5-20(28)27(16-22)11-6-19-4-2-3-10-23-19/h2-4,10,14-15H,5-9,11-13,16H2,1H3. The van der Waals surface area contributed by atoms with Crippen molar-refractivity contribution in [3.8, 4) is 0 Å². The fourth-order valence-electron chi connectivity index (χ4n) is 4.38. The Morgan fingerprint density at radius 1 is 1.10 bits per heavy atom. The van der Waals surface area contributed by atoms with Gasteiger partial charge in [-0.3, -0.25) is 14.6 Å². The van der Waals surface area contributed by atoms with Gasteiger partial charge in [-0.25, -0.2) is 9.97 Å². The van der Waals surface area contributed by atoms with E-state index in [1.165, 1.54) is 0 Å². The van der Waals surface area contributed by atoms with Gasteiger partial charge in [0.2, 0.25) is 5.91 Å². The Balaban J connectivity index is 1.35. The van der Waals surface area contributed by atoms with Crippen LogP contribution in [0.4, 0.5) is 0 Å². The number of hydrogen-bond acceptors (Lipinski definition) is 5. The molecule has 2 aromatic heterocycles. The number of amides is 2.